The summed E-state index contributed by atoms with van der Waals surface area (Å²) in [5.41, 5.74) is 1.60. The molecule has 1 amide bonds. The normalized spacial score (nSPS) is 30.1. The highest BCUT2D eigenvalue weighted by molar-refractivity contribution is 5.67. The van der Waals surface area contributed by atoms with Gasteiger partial charge in [0.25, 0.3) is 0 Å². The summed E-state index contributed by atoms with van der Waals surface area (Å²) in [7, 11) is 5.84. The van der Waals surface area contributed by atoms with Gasteiger partial charge in [0.05, 0.1) is 27.2 Å². The lowest BCUT2D eigenvalue weighted by Crippen LogP contribution is -2.72. The zero-order valence-electron chi connectivity index (χ0n) is 21.3. The van der Waals surface area contributed by atoms with E-state index in [1.807, 2.05) is 49.6 Å². The minimum absolute atomic E-state index is 0.00371. The fourth-order valence-electron chi connectivity index (χ4n) is 6.40. The molecule has 35 heavy (non-hydrogen) atoms. The Kier molecular flexibility index (Phi) is 7.53. The second-order valence-electron chi connectivity index (χ2n) is 10.4. The molecular formula is C29H39N2O4+. The summed E-state index contributed by atoms with van der Waals surface area (Å²) < 4.78 is 18.5. The summed E-state index contributed by atoms with van der Waals surface area (Å²) in [6.45, 7) is 7.09. The van der Waals surface area contributed by atoms with Gasteiger partial charge in [0.2, 0.25) is 0 Å². The van der Waals surface area contributed by atoms with Crippen LogP contribution in [0.3, 0.4) is 0 Å². The first kappa shape index (κ1) is 25.3. The first-order valence-corrected chi connectivity index (χ1v) is 12.5. The molecule has 1 unspecified atom stereocenters. The van der Waals surface area contributed by atoms with E-state index >= 15 is 0 Å². The van der Waals surface area contributed by atoms with Gasteiger partial charge in [-0.3, -0.25) is 0 Å². The van der Waals surface area contributed by atoms with E-state index < -0.39 is 0 Å². The highest BCUT2D eigenvalue weighted by Gasteiger charge is 2.62. The first-order chi connectivity index (χ1) is 16.9. The zero-order chi connectivity index (χ0) is 24.9. The Morgan fingerprint density at radius 1 is 1.17 bits per heavy atom. The van der Waals surface area contributed by atoms with Gasteiger partial charge in [0, 0.05) is 25.0 Å². The Morgan fingerprint density at radius 2 is 1.97 bits per heavy atom. The lowest BCUT2D eigenvalue weighted by Gasteiger charge is -2.61. The van der Waals surface area contributed by atoms with Gasteiger partial charge in [-0.05, 0) is 48.6 Å². The van der Waals surface area contributed by atoms with Crippen molar-refractivity contribution in [2.45, 2.75) is 49.3 Å². The van der Waals surface area contributed by atoms with Crippen molar-refractivity contribution in [1.29, 1.82) is 0 Å². The van der Waals surface area contributed by atoms with Crippen LogP contribution < -0.4 is 10.1 Å². The number of hydrogen-bond donors (Lipinski definition) is 1. The molecule has 4 rings (SSSR count). The van der Waals surface area contributed by atoms with Crippen molar-refractivity contribution < 1.29 is 23.5 Å². The van der Waals surface area contributed by atoms with Crippen molar-refractivity contribution >= 4 is 6.09 Å². The quantitative estimate of drug-likeness (QED) is 0.435. The molecule has 6 nitrogen and oxygen atoms in total. The molecule has 0 bridgehead atoms. The van der Waals surface area contributed by atoms with Crippen LogP contribution in [0.25, 0.3) is 0 Å². The number of quaternary nitrogens is 1. The molecule has 6 heteroatoms. The molecule has 2 aromatic rings. The lowest BCUT2D eigenvalue weighted by atomic mass is 9.54. The average Bonchev–Trinajstić information content (AvgIpc) is 2.88. The van der Waals surface area contributed by atoms with E-state index in [4.69, 9.17) is 14.2 Å². The summed E-state index contributed by atoms with van der Waals surface area (Å²) in [4.78, 5) is 12.7. The van der Waals surface area contributed by atoms with Gasteiger partial charge in [0.15, 0.2) is 0 Å². The fourth-order valence-corrected chi connectivity index (χ4v) is 6.40. The number of ether oxygens (including phenoxy) is 3. The Labute approximate surface area is 209 Å². The fraction of sp³-hybridized carbons (Fsp3) is 0.483. The van der Waals surface area contributed by atoms with E-state index in [1.54, 1.807) is 7.11 Å². The van der Waals surface area contributed by atoms with Gasteiger partial charge in [0.1, 0.15) is 24.5 Å². The molecule has 2 aromatic carbocycles. The van der Waals surface area contributed by atoms with Gasteiger partial charge < -0.3 is 24.0 Å². The third-order valence-electron chi connectivity index (χ3n) is 8.20. The maximum absolute atomic E-state index is 12.7. The van der Waals surface area contributed by atoms with Crippen LogP contribution >= 0.6 is 0 Å². The third-order valence-corrected chi connectivity index (χ3v) is 8.20. The number of carbonyl (C=O) groups excluding carboxylic acids is 1. The Morgan fingerprint density at radius 3 is 2.69 bits per heavy atom. The molecule has 1 aliphatic heterocycles. The zero-order valence-corrected chi connectivity index (χ0v) is 21.3. The average molecular weight is 480 g/mol. The summed E-state index contributed by atoms with van der Waals surface area (Å²) >= 11 is 0. The number of rotatable bonds is 8. The van der Waals surface area contributed by atoms with E-state index in [-0.39, 0.29) is 29.8 Å². The summed E-state index contributed by atoms with van der Waals surface area (Å²) in [5.74, 6) is 0.841. The van der Waals surface area contributed by atoms with Gasteiger partial charge in [-0.2, -0.15) is 0 Å². The molecule has 1 N–H and O–H groups in total. The largest absolute Gasteiger partial charge is 0.497 e. The van der Waals surface area contributed by atoms with Crippen LogP contribution in [0.15, 0.2) is 67.3 Å². The highest BCUT2D eigenvalue weighted by atomic mass is 16.5. The van der Waals surface area contributed by atoms with E-state index in [0.29, 0.717) is 0 Å². The Balaban J connectivity index is 1.59. The minimum Gasteiger partial charge on any atom is -0.497 e. The van der Waals surface area contributed by atoms with Crippen molar-refractivity contribution in [3.05, 3.63) is 78.4 Å². The van der Waals surface area contributed by atoms with E-state index in [9.17, 15) is 4.79 Å². The second-order valence-corrected chi connectivity index (χ2v) is 10.4. The summed E-state index contributed by atoms with van der Waals surface area (Å²) in [5, 5.41) is 3.16. The number of benzene rings is 2. The maximum atomic E-state index is 12.7. The van der Waals surface area contributed by atoms with Crippen LogP contribution in [-0.2, 0) is 21.5 Å². The maximum Gasteiger partial charge on any atom is 0.407 e. The van der Waals surface area contributed by atoms with E-state index in [1.165, 1.54) is 5.56 Å². The minimum atomic E-state index is -0.368. The second kappa shape index (κ2) is 10.4. The molecule has 1 heterocycles. The number of methoxy groups -OCH3 is 2. The number of likely N-dealkylation sites (N-methyl/N-ethyl adjacent to an activating group) is 1. The summed E-state index contributed by atoms with van der Waals surface area (Å²) in [6.07, 6.45) is 5.09. The SMILES string of the molecule is C=CC[N@@+]1(C)CC[C@@]2(c3cccc(OC)c3)C[C@@H](NC(=O)OCc3ccccc3)CCC2(OC)C1. The van der Waals surface area contributed by atoms with Crippen LogP contribution in [0.4, 0.5) is 4.79 Å². The van der Waals surface area contributed by atoms with Crippen molar-refractivity contribution in [2.24, 2.45) is 0 Å². The monoisotopic (exact) mass is 479 g/mol. The van der Waals surface area contributed by atoms with Crippen LogP contribution in [-0.4, -0.2) is 63.1 Å². The van der Waals surface area contributed by atoms with Gasteiger partial charge in [-0.25, -0.2) is 4.79 Å². The number of fused-ring (bicyclic) bond motifs is 1. The molecule has 0 spiro atoms. The van der Waals surface area contributed by atoms with E-state index in [2.05, 4.69) is 37.1 Å². The Hall–Kier alpha value is -2.83. The number of alkyl carbamates (subject to hydrolysis) is 1. The number of nitrogens with zero attached hydrogens (tertiary/aromatic N) is 1. The van der Waals surface area contributed by atoms with Crippen LogP contribution in [0.2, 0.25) is 0 Å². The number of carbonyl (C=O) groups is 1. The summed E-state index contributed by atoms with van der Waals surface area (Å²) in [6, 6.07) is 18.1. The predicted octanol–water partition coefficient (Wildman–Crippen LogP) is 4.83. The third kappa shape index (κ3) is 5.09. The molecule has 0 aromatic heterocycles. The molecule has 2 aliphatic rings. The van der Waals surface area contributed by atoms with Gasteiger partial charge in [-0.15, -0.1) is 0 Å². The topological polar surface area (TPSA) is 56.8 Å². The number of piperidine rings is 1. The molecule has 4 atom stereocenters. The number of likely N-dealkylation sites (tertiary alicyclic amines) is 1. The molecule has 1 saturated carbocycles. The molecule has 188 valence electrons. The smallest absolute Gasteiger partial charge is 0.407 e. The van der Waals surface area contributed by atoms with Crippen molar-refractivity contribution in [3.63, 3.8) is 0 Å². The number of nitrogens with one attached hydrogen (secondary N) is 1. The molecular weight excluding hydrogens is 440 g/mol. The Bertz CT molecular complexity index is 1030. The molecule has 1 saturated heterocycles. The number of hydrogen-bond acceptors (Lipinski definition) is 4. The van der Waals surface area contributed by atoms with Gasteiger partial charge >= 0.3 is 6.09 Å². The van der Waals surface area contributed by atoms with Crippen LogP contribution in [0, 0.1) is 0 Å². The molecule has 0 radical (unpaired) electrons. The molecule has 1 aliphatic carbocycles. The van der Waals surface area contributed by atoms with Crippen molar-refractivity contribution in [2.75, 3.05) is 40.9 Å². The number of amides is 1. The van der Waals surface area contributed by atoms with E-state index in [0.717, 1.165) is 61.1 Å². The molecule has 2 fully saturated rings. The van der Waals surface area contributed by atoms with Crippen molar-refractivity contribution in [3.8, 4) is 5.75 Å². The van der Waals surface area contributed by atoms with Crippen LogP contribution in [0.5, 0.6) is 5.75 Å². The highest BCUT2D eigenvalue weighted by Crippen LogP contribution is 2.54. The predicted molar refractivity (Wildman–Crippen MR) is 137 cm³/mol. The van der Waals surface area contributed by atoms with Crippen LogP contribution in [0.1, 0.15) is 36.8 Å². The lowest BCUT2D eigenvalue weighted by molar-refractivity contribution is -0.918. The standard InChI is InChI=1S/C29H38N2O4/c1-5-17-31(2)18-16-28(24-12-9-13-26(19-24)33-3)20-25(14-15-29(28,22-31)34-4)30-27(32)35-21-23-10-7-6-8-11-23/h5-13,19,25H,1,14-18,20-22H2,2-4H3/p+1/t25-,28-,29?,31-/m0/s1. The van der Waals surface area contributed by atoms with Gasteiger partial charge in [-0.1, -0.05) is 49.0 Å². The van der Waals surface area contributed by atoms with Crippen molar-refractivity contribution in [1.82, 2.24) is 5.32 Å². The first-order valence-electron chi connectivity index (χ1n) is 12.5.